The van der Waals surface area contributed by atoms with E-state index in [2.05, 4.69) is 29.4 Å². The number of aryl methyl sites for hydroxylation is 2. The van der Waals surface area contributed by atoms with Gasteiger partial charge in [0.05, 0.1) is 0 Å². The standard InChI is InChI=1S/C16H20ClN3O2S2/c1-9(2)8-23-16-20-19-15(24-16)18-13(21)7-22-12-5-10(3)14(17)11(4)6-12/h5-6,9H,7-8H2,1-4H3,(H,18,19,21). The molecule has 1 aromatic heterocycles. The molecule has 130 valence electrons. The van der Waals surface area contributed by atoms with Crippen LogP contribution in [0.4, 0.5) is 5.13 Å². The first-order valence-corrected chi connectivity index (χ1v) is 9.69. The Morgan fingerprint density at radius 1 is 1.33 bits per heavy atom. The SMILES string of the molecule is Cc1cc(OCC(=O)Nc2nnc(SCC(C)C)s2)cc(C)c1Cl. The second-order valence-electron chi connectivity index (χ2n) is 5.79. The molecule has 1 N–H and O–H groups in total. The molecule has 0 aliphatic carbocycles. The Labute approximate surface area is 155 Å². The first-order valence-electron chi connectivity index (χ1n) is 7.51. The molecule has 0 bridgehead atoms. The zero-order valence-electron chi connectivity index (χ0n) is 14.1. The number of thioether (sulfide) groups is 1. The van der Waals surface area contributed by atoms with Crippen LogP contribution in [0.5, 0.6) is 5.75 Å². The van der Waals surface area contributed by atoms with Gasteiger partial charge in [-0.1, -0.05) is 48.5 Å². The van der Waals surface area contributed by atoms with Crippen molar-refractivity contribution in [3.05, 3.63) is 28.3 Å². The maximum absolute atomic E-state index is 12.0. The van der Waals surface area contributed by atoms with Crippen LogP contribution in [0.3, 0.4) is 0 Å². The van der Waals surface area contributed by atoms with E-state index in [9.17, 15) is 4.79 Å². The van der Waals surface area contributed by atoms with Gasteiger partial charge >= 0.3 is 0 Å². The van der Waals surface area contributed by atoms with Crippen LogP contribution >= 0.6 is 34.7 Å². The van der Waals surface area contributed by atoms with E-state index in [-0.39, 0.29) is 12.5 Å². The molecule has 0 aliphatic rings. The Morgan fingerprint density at radius 3 is 2.62 bits per heavy atom. The highest BCUT2D eigenvalue weighted by molar-refractivity contribution is 8.01. The second-order valence-corrected chi connectivity index (χ2v) is 8.41. The van der Waals surface area contributed by atoms with Gasteiger partial charge in [-0.25, -0.2) is 0 Å². The van der Waals surface area contributed by atoms with Crippen molar-refractivity contribution in [1.82, 2.24) is 10.2 Å². The van der Waals surface area contributed by atoms with Crippen molar-refractivity contribution in [2.45, 2.75) is 32.0 Å². The number of carbonyl (C=O) groups excluding carboxylic acids is 1. The average molecular weight is 386 g/mol. The molecule has 24 heavy (non-hydrogen) atoms. The largest absolute Gasteiger partial charge is 0.484 e. The summed E-state index contributed by atoms with van der Waals surface area (Å²) in [4.78, 5) is 12.0. The maximum Gasteiger partial charge on any atom is 0.264 e. The van der Waals surface area contributed by atoms with Crippen molar-refractivity contribution in [2.75, 3.05) is 17.7 Å². The molecule has 0 atom stereocenters. The molecule has 1 heterocycles. The molecule has 0 fully saturated rings. The number of hydrogen-bond acceptors (Lipinski definition) is 6. The van der Waals surface area contributed by atoms with Crippen LogP contribution in [0.15, 0.2) is 16.5 Å². The molecule has 8 heteroatoms. The number of nitrogens with one attached hydrogen (secondary N) is 1. The summed E-state index contributed by atoms with van der Waals surface area (Å²) >= 11 is 9.13. The van der Waals surface area contributed by atoms with E-state index in [1.165, 1.54) is 11.3 Å². The number of rotatable bonds is 7. The van der Waals surface area contributed by atoms with Gasteiger partial charge in [-0.3, -0.25) is 10.1 Å². The number of anilines is 1. The highest BCUT2D eigenvalue weighted by Crippen LogP contribution is 2.27. The number of hydrogen-bond donors (Lipinski definition) is 1. The van der Waals surface area contributed by atoms with Crippen molar-refractivity contribution in [2.24, 2.45) is 5.92 Å². The van der Waals surface area contributed by atoms with Gasteiger partial charge in [0.25, 0.3) is 5.91 Å². The molecule has 0 radical (unpaired) electrons. The molecular formula is C16H20ClN3O2S2. The van der Waals surface area contributed by atoms with Gasteiger partial charge in [0, 0.05) is 10.8 Å². The van der Waals surface area contributed by atoms with E-state index in [4.69, 9.17) is 16.3 Å². The topological polar surface area (TPSA) is 64.1 Å². The van der Waals surface area contributed by atoms with E-state index in [1.54, 1.807) is 11.8 Å². The minimum Gasteiger partial charge on any atom is -0.484 e. The molecule has 2 rings (SSSR count). The zero-order valence-corrected chi connectivity index (χ0v) is 16.4. The molecule has 5 nitrogen and oxygen atoms in total. The van der Waals surface area contributed by atoms with Crippen LogP contribution in [-0.2, 0) is 4.79 Å². The molecule has 1 aromatic carbocycles. The summed E-state index contributed by atoms with van der Waals surface area (Å²) in [6.45, 7) is 8.01. The highest BCUT2D eigenvalue weighted by Gasteiger charge is 2.11. The van der Waals surface area contributed by atoms with Crippen LogP contribution < -0.4 is 10.1 Å². The third kappa shape index (κ3) is 5.65. The fourth-order valence-corrected chi connectivity index (χ4v) is 3.70. The smallest absolute Gasteiger partial charge is 0.264 e. The second kappa shape index (κ2) is 8.69. The third-order valence-electron chi connectivity index (χ3n) is 2.97. The highest BCUT2D eigenvalue weighted by atomic mass is 35.5. The minimum absolute atomic E-state index is 0.0887. The van der Waals surface area contributed by atoms with E-state index in [1.807, 2.05) is 26.0 Å². The Morgan fingerprint density at radius 2 is 2.00 bits per heavy atom. The summed E-state index contributed by atoms with van der Waals surface area (Å²) in [6.07, 6.45) is 0. The van der Waals surface area contributed by atoms with Crippen LogP contribution in [-0.4, -0.2) is 28.5 Å². The molecule has 2 aromatic rings. The number of carbonyl (C=O) groups is 1. The first kappa shape index (κ1) is 19.0. The predicted molar refractivity (Wildman–Crippen MR) is 101 cm³/mol. The Kier molecular flexibility index (Phi) is 6.89. The number of benzene rings is 1. The van der Waals surface area contributed by atoms with E-state index < -0.39 is 0 Å². The Balaban J connectivity index is 1.85. The van der Waals surface area contributed by atoms with Crippen molar-refractivity contribution in [1.29, 1.82) is 0 Å². The minimum atomic E-state index is -0.267. The van der Waals surface area contributed by atoms with Crippen molar-refractivity contribution in [3.63, 3.8) is 0 Å². The molecule has 1 amide bonds. The summed E-state index contributed by atoms with van der Waals surface area (Å²) in [5, 5.41) is 11.9. The fourth-order valence-electron chi connectivity index (χ4n) is 1.85. The van der Waals surface area contributed by atoms with Crippen LogP contribution in [0.2, 0.25) is 5.02 Å². The fraction of sp³-hybridized carbons (Fsp3) is 0.438. The monoisotopic (exact) mass is 385 g/mol. The van der Waals surface area contributed by atoms with Crippen molar-refractivity contribution >= 4 is 45.7 Å². The van der Waals surface area contributed by atoms with Crippen molar-refractivity contribution in [3.8, 4) is 5.75 Å². The molecule has 0 saturated heterocycles. The van der Waals surface area contributed by atoms with Crippen LogP contribution in [0.25, 0.3) is 0 Å². The summed E-state index contributed by atoms with van der Waals surface area (Å²) in [7, 11) is 0. The van der Waals surface area contributed by atoms with Gasteiger partial charge in [-0.05, 0) is 43.0 Å². The average Bonchev–Trinajstić information content (AvgIpc) is 2.96. The zero-order chi connectivity index (χ0) is 17.7. The third-order valence-corrected chi connectivity index (χ3v) is 5.97. The molecular weight excluding hydrogens is 366 g/mol. The van der Waals surface area contributed by atoms with Gasteiger partial charge in [0.2, 0.25) is 5.13 Å². The van der Waals surface area contributed by atoms with Gasteiger partial charge in [0.15, 0.2) is 10.9 Å². The lowest BCUT2D eigenvalue weighted by Gasteiger charge is -2.09. The van der Waals surface area contributed by atoms with Crippen LogP contribution in [0, 0.1) is 19.8 Å². The van der Waals surface area contributed by atoms with Crippen LogP contribution in [0.1, 0.15) is 25.0 Å². The van der Waals surface area contributed by atoms with Gasteiger partial charge in [-0.2, -0.15) is 0 Å². The van der Waals surface area contributed by atoms with Gasteiger partial charge in [-0.15, -0.1) is 10.2 Å². The van der Waals surface area contributed by atoms with E-state index in [0.717, 1.165) is 21.2 Å². The number of nitrogens with zero attached hydrogens (tertiary/aromatic N) is 2. The Hall–Kier alpha value is -1.31. The molecule has 0 spiro atoms. The lowest BCUT2D eigenvalue weighted by atomic mass is 10.1. The van der Waals surface area contributed by atoms with Gasteiger partial charge in [0.1, 0.15) is 5.75 Å². The summed E-state index contributed by atoms with van der Waals surface area (Å²) in [5.74, 6) is 1.91. The van der Waals surface area contributed by atoms with E-state index >= 15 is 0 Å². The molecule has 0 saturated carbocycles. The quantitative estimate of drug-likeness (QED) is 0.558. The number of aromatic nitrogens is 2. The summed E-state index contributed by atoms with van der Waals surface area (Å²) in [6, 6.07) is 3.63. The lowest BCUT2D eigenvalue weighted by molar-refractivity contribution is -0.118. The lowest BCUT2D eigenvalue weighted by Crippen LogP contribution is -2.20. The van der Waals surface area contributed by atoms with E-state index in [0.29, 0.717) is 21.8 Å². The Bertz CT molecular complexity index is 696. The van der Waals surface area contributed by atoms with Gasteiger partial charge < -0.3 is 4.74 Å². The number of amides is 1. The first-order chi connectivity index (χ1) is 11.3. The number of ether oxygens (including phenoxy) is 1. The maximum atomic E-state index is 12.0. The normalized spacial score (nSPS) is 10.9. The molecule has 0 aliphatic heterocycles. The summed E-state index contributed by atoms with van der Waals surface area (Å²) in [5.41, 5.74) is 1.84. The summed E-state index contributed by atoms with van der Waals surface area (Å²) < 4.78 is 6.37. The predicted octanol–water partition coefficient (Wildman–Crippen LogP) is 4.57. The van der Waals surface area contributed by atoms with Crippen molar-refractivity contribution < 1.29 is 9.53 Å². The molecule has 0 unspecified atom stereocenters. The number of halogens is 1.